The highest BCUT2D eigenvalue weighted by atomic mass is 16.3. The molecule has 2 aromatic heterocycles. The zero-order chi connectivity index (χ0) is 13.7. The van der Waals surface area contributed by atoms with E-state index in [1.807, 2.05) is 31.4 Å². The second-order valence-corrected chi connectivity index (χ2v) is 4.66. The van der Waals surface area contributed by atoms with Crippen LogP contribution in [0.4, 0.5) is 5.82 Å². The molecule has 4 heteroatoms. The first-order chi connectivity index (χ1) is 9.20. The Hall–Kier alpha value is -1.81. The van der Waals surface area contributed by atoms with Gasteiger partial charge in [-0.25, -0.2) is 4.98 Å². The van der Waals surface area contributed by atoms with E-state index in [0.29, 0.717) is 6.04 Å². The van der Waals surface area contributed by atoms with Crippen molar-refractivity contribution in [3.8, 4) is 0 Å². The van der Waals surface area contributed by atoms with Crippen LogP contribution in [0.2, 0.25) is 0 Å². The predicted molar refractivity (Wildman–Crippen MR) is 77.1 cm³/mol. The monoisotopic (exact) mass is 259 g/mol. The van der Waals surface area contributed by atoms with Crippen LogP contribution < -0.4 is 10.2 Å². The fourth-order valence-corrected chi connectivity index (χ4v) is 2.02. The van der Waals surface area contributed by atoms with E-state index in [1.54, 1.807) is 6.26 Å². The van der Waals surface area contributed by atoms with E-state index in [1.165, 1.54) is 5.56 Å². The highest BCUT2D eigenvalue weighted by Crippen LogP contribution is 2.16. The van der Waals surface area contributed by atoms with Gasteiger partial charge in [0.15, 0.2) is 0 Å². The number of anilines is 1. The normalized spacial score (nSPS) is 12.4. The summed E-state index contributed by atoms with van der Waals surface area (Å²) in [5.41, 5.74) is 1.21. The molecule has 1 unspecified atom stereocenters. The molecule has 2 aromatic rings. The van der Waals surface area contributed by atoms with E-state index in [4.69, 9.17) is 4.42 Å². The summed E-state index contributed by atoms with van der Waals surface area (Å²) in [5, 5.41) is 3.38. The van der Waals surface area contributed by atoms with Crippen LogP contribution in [0.5, 0.6) is 0 Å². The van der Waals surface area contributed by atoms with Crippen LogP contribution in [0.3, 0.4) is 0 Å². The maximum atomic E-state index is 5.34. The van der Waals surface area contributed by atoms with Gasteiger partial charge in [-0.2, -0.15) is 0 Å². The number of nitrogens with one attached hydrogen (secondary N) is 1. The maximum absolute atomic E-state index is 5.34. The molecular weight excluding hydrogens is 238 g/mol. The second kappa shape index (κ2) is 6.38. The largest absolute Gasteiger partial charge is 0.467 e. The highest BCUT2D eigenvalue weighted by molar-refractivity contribution is 5.39. The summed E-state index contributed by atoms with van der Waals surface area (Å²) in [4.78, 5) is 6.58. The predicted octanol–water partition coefficient (Wildman–Crippen LogP) is 2.98. The molecule has 0 amide bonds. The van der Waals surface area contributed by atoms with Crippen molar-refractivity contribution < 1.29 is 4.42 Å². The Kier molecular flexibility index (Phi) is 4.58. The number of nitrogens with zero attached hydrogens (tertiary/aromatic N) is 2. The third-order valence-corrected chi connectivity index (χ3v) is 3.15. The number of hydrogen-bond acceptors (Lipinski definition) is 4. The molecule has 0 spiro atoms. The molecule has 0 aliphatic heterocycles. The van der Waals surface area contributed by atoms with Crippen LogP contribution >= 0.6 is 0 Å². The van der Waals surface area contributed by atoms with Gasteiger partial charge in [0.1, 0.15) is 11.6 Å². The smallest absolute Gasteiger partial charge is 0.128 e. The molecule has 2 heterocycles. The summed E-state index contributed by atoms with van der Waals surface area (Å²) < 4.78 is 5.34. The van der Waals surface area contributed by atoms with Crippen LogP contribution in [0.15, 0.2) is 41.1 Å². The third kappa shape index (κ3) is 3.58. The zero-order valence-corrected chi connectivity index (χ0v) is 11.8. The molecule has 1 atom stereocenters. The molecule has 102 valence electrons. The molecule has 19 heavy (non-hydrogen) atoms. The summed E-state index contributed by atoms with van der Waals surface area (Å²) in [6, 6.07) is 8.37. The van der Waals surface area contributed by atoms with Gasteiger partial charge in [-0.15, -0.1) is 0 Å². The van der Waals surface area contributed by atoms with Gasteiger partial charge in [0.25, 0.3) is 0 Å². The molecular formula is C15H21N3O. The minimum Gasteiger partial charge on any atom is -0.467 e. The lowest BCUT2D eigenvalue weighted by molar-refractivity contribution is 0.507. The quantitative estimate of drug-likeness (QED) is 0.866. The minimum atomic E-state index is 0.335. The molecule has 0 aliphatic carbocycles. The van der Waals surface area contributed by atoms with E-state index in [0.717, 1.165) is 24.7 Å². The van der Waals surface area contributed by atoms with E-state index in [9.17, 15) is 0 Å². The summed E-state index contributed by atoms with van der Waals surface area (Å²) in [5.74, 6) is 1.89. The topological polar surface area (TPSA) is 41.3 Å². The van der Waals surface area contributed by atoms with E-state index in [-0.39, 0.29) is 0 Å². The molecule has 0 saturated heterocycles. The second-order valence-electron chi connectivity index (χ2n) is 4.66. The van der Waals surface area contributed by atoms with Gasteiger partial charge < -0.3 is 14.6 Å². The standard InChI is InChI=1S/C15H21N3O/c1-4-16-12(2)13-7-8-15(17-10-13)18(3)11-14-6-5-9-19-14/h5-10,12,16H,4,11H2,1-3H3. The number of hydrogen-bond donors (Lipinski definition) is 1. The van der Waals surface area contributed by atoms with Crippen molar-refractivity contribution in [3.05, 3.63) is 48.0 Å². The van der Waals surface area contributed by atoms with E-state index < -0.39 is 0 Å². The van der Waals surface area contributed by atoms with Crippen LogP contribution in [-0.4, -0.2) is 18.6 Å². The Morgan fingerprint density at radius 2 is 2.21 bits per heavy atom. The number of pyridine rings is 1. The first kappa shape index (κ1) is 13.6. The summed E-state index contributed by atoms with van der Waals surface area (Å²) >= 11 is 0. The zero-order valence-electron chi connectivity index (χ0n) is 11.8. The molecule has 0 aliphatic rings. The Morgan fingerprint density at radius 3 is 2.79 bits per heavy atom. The molecule has 0 fully saturated rings. The molecule has 2 rings (SSSR count). The SMILES string of the molecule is CCNC(C)c1ccc(N(C)Cc2ccco2)nc1. The van der Waals surface area contributed by atoms with E-state index in [2.05, 4.69) is 35.1 Å². The molecule has 4 nitrogen and oxygen atoms in total. The molecule has 0 aromatic carbocycles. The molecule has 0 bridgehead atoms. The van der Waals surface area contributed by atoms with Crippen LogP contribution in [-0.2, 0) is 6.54 Å². The maximum Gasteiger partial charge on any atom is 0.128 e. The Balaban J connectivity index is 2.01. The van der Waals surface area contributed by atoms with Crippen molar-refractivity contribution >= 4 is 5.82 Å². The average Bonchev–Trinajstić information content (AvgIpc) is 2.92. The van der Waals surface area contributed by atoms with Crippen molar-refractivity contribution in [3.63, 3.8) is 0 Å². The van der Waals surface area contributed by atoms with Gasteiger partial charge in [-0.3, -0.25) is 0 Å². The van der Waals surface area contributed by atoms with Crippen LogP contribution in [0.1, 0.15) is 31.2 Å². The van der Waals surface area contributed by atoms with Gasteiger partial charge in [0.2, 0.25) is 0 Å². The molecule has 0 radical (unpaired) electrons. The molecule has 0 saturated carbocycles. The number of rotatable bonds is 6. The van der Waals surface area contributed by atoms with Crippen LogP contribution in [0.25, 0.3) is 0 Å². The average molecular weight is 259 g/mol. The van der Waals surface area contributed by atoms with Gasteiger partial charge in [-0.1, -0.05) is 13.0 Å². The highest BCUT2D eigenvalue weighted by Gasteiger charge is 2.07. The first-order valence-corrected chi connectivity index (χ1v) is 6.63. The minimum absolute atomic E-state index is 0.335. The Labute approximate surface area is 114 Å². The third-order valence-electron chi connectivity index (χ3n) is 3.15. The van der Waals surface area contributed by atoms with Crippen molar-refractivity contribution in [1.29, 1.82) is 0 Å². The van der Waals surface area contributed by atoms with Gasteiger partial charge >= 0.3 is 0 Å². The lowest BCUT2D eigenvalue weighted by atomic mass is 10.1. The first-order valence-electron chi connectivity index (χ1n) is 6.63. The Morgan fingerprint density at radius 1 is 1.37 bits per heavy atom. The van der Waals surface area contributed by atoms with Crippen LogP contribution in [0, 0.1) is 0 Å². The van der Waals surface area contributed by atoms with Gasteiger partial charge in [0.05, 0.1) is 12.8 Å². The van der Waals surface area contributed by atoms with Gasteiger partial charge in [0, 0.05) is 19.3 Å². The van der Waals surface area contributed by atoms with Crippen molar-refractivity contribution in [2.45, 2.75) is 26.4 Å². The summed E-state index contributed by atoms with van der Waals surface area (Å²) in [6.07, 6.45) is 3.62. The lowest BCUT2D eigenvalue weighted by Crippen LogP contribution is -2.19. The fourth-order valence-electron chi connectivity index (χ4n) is 2.02. The van der Waals surface area contributed by atoms with Crippen molar-refractivity contribution in [2.75, 3.05) is 18.5 Å². The number of aromatic nitrogens is 1. The lowest BCUT2D eigenvalue weighted by Gasteiger charge is -2.18. The fraction of sp³-hybridized carbons (Fsp3) is 0.400. The summed E-state index contributed by atoms with van der Waals surface area (Å²) in [7, 11) is 2.01. The summed E-state index contributed by atoms with van der Waals surface area (Å²) in [6.45, 7) is 5.94. The van der Waals surface area contributed by atoms with Gasteiger partial charge in [-0.05, 0) is 37.2 Å². The van der Waals surface area contributed by atoms with E-state index >= 15 is 0 Å². The Bertz CT molecular complexity index is 479. The number of furan rings is 1. The van der Waals surface area contributed by atoms with Crippen molar-refractivity contribution in [1.82, 2.24) is 10.3 Å². The van der Waals surface area contributed by atoms with Crippen molar-refractivity contribution in [2.24, 2.45) is 0 Å². The molecule has 1 N–H and O–H groups in total.